The molecule has 3 rings (SSSR count). The molecule has 1 fully saturated rings. The Morgan fingerprint density at radius 3 is 2.75 bits per heavy atom. The van der Waals surface area contributed by atoms with E-state index in [-0.39, 0.29) is 5.91 Å². The number of nitrogens with zero attached hydrogens (tertiary/aromatic N) is 2. The van der Waals surface area contributed by atoms with Gasteiger partial charge in [-0.15, -0.1) is 0 Å². The molecule has 1 amide bonds. The first-order valence-corrected chi connectivity index (χ1v) is 8.74. The van der Waals surface area contributed by atoms with Gasteiger partial charge in [0, 0.05) is 12.6 Å². The second-order valence-corrected chi connectivity index (χ2v) is 6.29. The molecule has 1 N–H and O–H groups in total. The molecular formula is C19H25N3O2. The van der Waals surface area contributed by atoms with Gasteiger partial charge in [0.05, 0.1) is 17.5 Å². The fourth-order valence-corrected chi connectivity index (χ4v) is 3.31. The number of furan rings is 1. The largest absolute Gasteiger partial charge is 0.463 e. The summed E-state index contributed by atoms with van der Waals surface area (Å²) in [6.07, 6.45) is 4.63. The van der Waals surface area contributed by atoms with Gasteiger partial charge in [0.15, 0.2) is 5.76 Å². The SMILES string of the molecule is CCCN(C(=O)c1ccc(-c2ccco2)nc1C)C1CCNCC1. The maximum absolute atomic E-state index is 13.1. The minimum atomic E-state index is 0.0970. The van der Waals surface area contributed by atoms with E-state index in [1.807, 2.05) is 36.1 Å². The van der Waals surface area contributed by atoms with Crippen LogP contribution >= 0.6 is 0 Å². The number of carbonyl (C=O) groups is 1. The molecule has 2 aromatic rings. The summed E-state index contributed by atoms with van der Waals surface area (Å²) in [5, 5.41) is 3.36. The highest BCUT2D eigenvalue weighted by molar-refractivity contribution is 5.95. The number of carbonyl (C=O) groups excluding carboxylic acids is 1. The third kappa shape index (κ3) is 3.51. The average molecular weight is 327 g/mol. The van der Waals surface area contributed by atoms with Crippen molar-refractivity contribution in [1.29, 1.82) is 0 Å². The van der Waals surface area contributed by atoms with Crippen molar-refractivity contribution in [2.45, 2.75) is 39.2 Å². The maximum atomic E-state index is 13.1. The molecule has 5 nitrogen and oxygen atoms in total. The summed E-state index contributed by atoms with van der Waals surface area (Å²) in [6.45, 7) is 6.77. The summed E-state index contributed by atoms with van der Waals surface area (Å²) in [7, 11) is 0. The van der Waals surface area contributed by atoms with E-state index in [4.69, 9.17) is 4.42 Å². The zero-order chi connectivity index (χ0) is 16.9. The molecule has 1 saturated heterocycles. The lowest BCUT2D eigenvalue weighted by molar-refractivity contribution is 0.0641. The Kier molecular flexibility index (Phi) is 5.30. The Balaban J connectivity index is 1.84. The smallest absolute Gasteiger partial charge is 0.255 e. The fraction of sp³-hybridized carbons (Fsp3) is 0.474. The van der Waals surface area contributed by atoms with Crippen molar-refractivity contribution >= 4 is 5.91 Å². The molecule has 24 heavy (non-hydrogen) atoms. The Morgan fingerprint density at radius 1 is 1.33 bits per heavy atom. The van der Waals surface area contributed by atoms with Crippen LogP contribution < -0.4 is 5.32 Å². The van der Waals surface area contributed by atoms with Gasteiger partial charge >= 0.3 is 0 Å². The van der Waals surface area contributed by atoms with Crippen LogP contribution in [-0.2, 0) is 0 Å². The maximum Gasteiger partial charge on any atom is 0.255 e. The number of piperidine rings is 1. The van der Waals surface area contributed by atoms with E-state index in [2.05, 4.69) is 17.2 Å². The minimum Gasteiger partial charge on any atom is -0.463 e. The van der Waals surface area contributed by atoms with E-state index < -0.39 is 0 Å². The van der Waals surface area contributed by atoms with Crippen molar-refractivity contribution in [3.8, 4) is 11.5 Å². The summed E-state index contributed by atoms with van der Waals surface area (Å²) in [6, 6.07) is 7.79. The number of aromatic nitrogens is 1. The molecule has 0 bridgehead atoms. The lowest BCUT2D eigenvalue weighted by Gasteiger charge is -2.35. The van der Waals surface area contributed by atoms with Gasteiger partial charge in [0.1, 0.15) is 5.69 Å². The highest BCUT2D eigenvalue weighted by Gasteiger charge is 2.26. The number of rotatable bonds is 5. The number of hydrogen-bond acceptors (Lipinski definition) is 4. The normalized spacial score (nSPS) is 15.4. The van der Waals surface area contributed by atoms with Crippen molar-refractivity contribution in [2.75, 3.05) is 19.6 Å². The third-order valence-corrected chi connectivity index (χ3v) is 4.56. The Bertz CT molecular complexity index is 676. The van der Waals surface area contributed by atoms with Crippen LogP contribution in [0.5, 0.6) is 0 Å². The molecule has 1 aliphatic heterocycles. The topological polar surface area (TPSA) is 58.4 Å². The highest BCUT2D eigenvalue weighted by atomic mass is 16.3. The van der Waals surface area contributed by atoms with E-state index in [1.165, 1.54) is 0 Å². The number of hydrogen-bond donors (Lipinski definition) is 1. The summed E-state index contributed by atoms with van der Waals surface area (Å²) in [5.41, 5.74) is 2.21. The van der Waals surface area contributed by atoms with Gasteiger partial charge < -0.3 is 14.6 Å². The van der Waals surface area contributed by atoms with Crippen LogP contribution in [0.15, 0.2) is 34.9 Å². The Hall–Kier alpha value is -2.14. The zero-order valence-corrected chi connectivity index (χ0v) is 14.4. The number of nitrogens with one attached hydrogen (secondary N) is 1. The number of amides is 1. The predicted octanol–water partition coefficient (Wildman–Crippen LogP) is 3.25. The van der Waals surface area contributed by atoms with Crippen LogP contribution in [0, 0.1) is 6.92 Å². The van der Waals surface area contributed by atoms with Crippen LogP contribution in [0.2, 0.25) is 0 Å². The van der Waals surface area contributed by atoms with Crippen molar-refractivity contribution < 1.29 is 9.21 Å². The molecule has 1 aliphatic rings. The molecule has 128 valence electrons. The molecule has 0 saturated carbocycles. The summed E-state index contributed by atoms with van der Waals surface area (Å²) in [5.74, 6) is 0.820. The van der Waals surface area contributed by atoms with E-state index in [0.717, 1.165) is 56.0 Å². The van der Waals surface area contributed by atoms with E-state index >= 15 is 0 Å². The quantitative estimate of drug-likeness (QED) is 0.916. The zero-order valence-electron chi connectivity index (χ0n) is 14.4. The lowest BCUT2D eigenvalue weighted by atomic mass is 10.0. The molecule has 0 radical (unpaired) electrons. The Labute approximate surface area is 143 Å². The van der Waals surface area contributed by atoms with Gasteiger partial charge in [0.25, 0.3) is 5.91 Å². The minimum absolute atomic E-state index is 0.0970. The van der Waals surface area contributed by atoms with Gasteiger partial charge in [0.2, 0.25) is 0 Å². The molecular weight excluding hydrogens is 302 g/mol. The molecule has 0 aromatic carbocycles. The third-order valence-electron chi connectivity index (χ3n) is 4.56. The van der Waals surface area contributed by atoms with Gasteiger partial charge in [-0.1, -0.05) is 6.92 Å². The number of pyridine rings is 1. The molecule has 0 atom stereocenters. The van der Waals surface area contributed by atoms with Gasteiger partial charge in [-0.25, -0.2) is 4.98 Å². The van der Waals surface area contributed by atoms with Gasteiger partial charge in [-0.3, -0.25) is 4.79 Å². The first-order chi connectivity index (χ1) is 11.7. The van der Waals surface area contributed by atoms with Crippen molar-refractivity contribution in [3.63, 3.8) is 0 Å². The van der Waals surface area contributed by atoms with Crippen molar-refractivity contribution in [1.82, 2.24) is 15.2 Å². The molecule has 2 aromatic heterocycles. The van der Waals surface area contributed by atoms with Crippen LogP contribution in [-0.4, -0.2) is 41.5 Å². The van der Waals surface area contributed by atoms with Crippen LogP contribution in [0.1, 0.15) is 42.2 Å². The van der Waals surface area contributed by atoms with Crippen molar-refractivity contribution in [2.24, 2.45) is 0 Å². The average Bonchev–Trinajstić information content (AvgIpc) is 3.14. The van der Waals surface area contributed by atoms with Crippen LogP contribution in [0.3, 0.4) is 0 Å². The Morgan fingerprint density at radius 2 is 2.12 bits per heavy atom. The summed E-state index contributed by atoms with van der Waals surface area (Å²) < 4.78 is 5.39. The second kappa shape index (κ2) is 7.62. The molecule has 3 heterocycles. The van der Waals surface area contributed by atoms with Crippen molar-refractivity contribution in [3.05, 3.63) is 41.8 Å². The molecule has 5 heteroatoms. The predicted molar refractivity (Wildman–Crippen MR) is 93.9 cm³/mol. The molecule has 0 aliphatic carbocycles. The van der Waals surface area contributed by atoms with Gasteiger partial charge in [-0.2, -0.15) is 0 Å². The van der Waals surface area contributed by atoms with E-state index in [9.17, 15) is 4.79 Å². The fourth-order valence-electron chi connectivity index (χ4n) is 3.31. The first kappa shape index (κ1) is 16.7. The summed E-state index contributed by atoms with van der Waals surface area (Å²) in [4.78, 5) is 19.7. The molecule has 0 spiro atoms. The van der Waals surface area contributed by atoms with Gasteiger partial charge in [-0.05, 0) is 63.5 Å². The molecule has 0 unspecified atom stereocenters. The van der Waals surface area contributed by atoms with E-state index in [0.29, 0.717) is 11.6 Å². The van der Waals surface area contributed by atoms with Crippen LogP contribution in [0.25, 0.3) is 11.5 Å². The second-order valence-electron chi connectivity index (χ2n) is 6.29. The first-order valence-electron chi connectivity index (χ1n) is 8.74. The summed E-state index contributed by atoms with van der Waals surface area (Å²) >= 11 is 0. The highest BCUT2D eigenvalue weighted by Crippen LogP contribution is 2.22. The van der Waals surface area contributed by atoms with E-state index in [1.54, 1.807) is 6.26 Å². The lowest BCUT2D eigenvalue weighted by Crippen LogP contribution is -2.46. The number of aryl methyl sites for hydroxylation is 1. The van der Waals surface area contributed by atoms with Crippen LogP contribution in [0.4, 0.5) is 0 Å². The monoisotopic (exact) mass is 327 g/mol. The standard InChI is InChI=1S/C19H25N3O2/c1-3-12-22(15-8-10-20-11-9-15)19(23)16-6-7-17(21-14(16)2)18-5-4-13-24-18/h4-7,13,15,20H,3,8-12H2,1-2H3.